The highest BCUT2D eigenvalue weighted by Gasteiger charge is 1.91. The minimum atomic E-state index is 0.683. The van der Waals surface area contributed by atoms with E-state index in [1.54, 1.807) is 6.20 Å². The Hall–Kier alpha value is -0.880. The maximum atomic E-state index is 8.27. The summed E-state index contributed by atoms with van der Waals surface area (Å²) in [5, 5.41) is 9.22. The van der Waals surface area contributed by atoms with Crippen LogP contribution in [-0.2, 0) is 0 Å². The molecule has 1 aromatic heterocycles. The van der Waals surface area contributed by atoms with Crippen LogP contribution < -0.4 is 0 Å². The van der Waals surface area contributed by atoms with E-state index in [-0.39, 0.29) is 0 Å². The van der Waals surface area contributed by atoms with Gasteiger partial charge in [-0.25, -0.2) is 4.98 Å². The maximum absolute atomic E-state index is 8.27. The Kier molecular flexibility index (Phi) is 1.27. The van der Waals surface area contributed by atoms with E-state index in [4.69, 9.17) is 5.26 Å². The van der Waals surface area contributed by atoms with Crippen molar-refractivity contribution < 1.29 is 0 Å². The third-order valence-electron chi connectivity index (χ3n) is 0.731. The SMILES string of the molecule is Cc1ncc(C#N)s1. The van der Waals surface area contributed by atoms with Crippen molar-refractivity contribution in [2.75, 3.05) is 0 Å². The van der Waals surface area contributed by atoms with E-state index < -0.39 is 0 Å². The molecule has 8 heavy (non-hydrogen) atoms. The number of nitriles is 1. The van der Waals surface area contributed by atoms with Gasteiger partial charge in [0.2, 0.25) is 0 Å². The number of rotatable bonds is 0. The minimum absolute atomic E-state index is 0.683. The third-order valence-corrected chi connectivity index (χ3v) is 1.55. The first kappa shape index (κ1) is 5.26. The Morgan fingerprint density at radius 2 is 2.62 bits per heavy atom. The predicted octanol–water partition coefficient (Wildman–Crippen LogP) is 1.32. The Morgan fingerprint density at radius 3 is 2.88 bits per heavy atom. The van der Waals surface area contributed by atoms with Crippen molar-refractivity contribution in [2.45, 2.75) is 6.92 Å². The summed E-state index contributed by atoms with van der Waals surface area (Å²) >= 11 is 1.42. The fraction of sp³-hybridized carbons (Fsp3) is 0.200. The molecule has 0 atom stereocenters. The van der Waals surface area contributed by atoms with Crippen LogP contribution in [0.15, 0.2) is 6.20 Å². The molecule has 0 aliphatic carbocycles. The summed E-state index contributed by atoms with van der Waals surface area (Å²) in [6, 6.07) is 2.00. The number of hydrogen-bond donors (Lipinski definition) is 0. The average molecular weight is 124 g/mol. The molecule has 1 heterocycles. The van der Waals surface area contributed by atoms with Crippen molar-refractivity contribution in [3.05, 3.63) is 16.1 Å². The van der Waals surface area contributed by atoms with Crippen molar-refractivity contribution in [2.24, 2.45) is 0 Å². The van der Waals surface area contributed by atoms with Crippen molar-refractivity contribution in [3.63, 3.8) is 0 Å². The molecule has 0 aromatic carbocycles. The van der Waals surface area contributed by atoms with Crippen LogP contribution in [0.5, 0.6) is 0 Å². The van der Waals surface area contributed by atoms with Gasteiger partial charge in [-0.3, -0.25) is 0 Å². The molecule has 40 valence electrons. The Labute approximate surface area is 51.4 Å². The van der Waals surface area contributed by atoms with Crippen LogP contribution in [0.4, 0.5) is 0 Å². The lowest BCUT2D eigenvalue weighted by molar-refractivity contribution is 1.29. The second-order valence-electron chi connectivity index (χ2n) is 1.36. The van der Waals surface area contributed by atoms with Gasteiger partial charge in [0, 0.05) is 0 Å². The highest BCUT2D eigenvalue weighted by Crippen LogP contribution is 2.08. The number of nitrogens with zero attached hydrogens (tertiary/aromatic N) is 2. The van der Waals surface area contributed by atoms with Gasteiger partial charge in [0.25, 0.3) is 0 Å². The van der Waals surface area contributed by atoms with Gasteiger partial charge in [0.1, 0.15) is 10.9 Å². The Balaban J connectivity index is 3.05. The Bertz CT molecular complexity index is 221. The van der Waals surface area contributed by atoms with Crippen molar-refractivity contribution in [3.8, 4) is 6.07 Å². The van der Waals surface area contributed by atoms with E-state index >= 15 is 0 Å². The summed E-state index contributed by atoms with van der Waals surface area (Å²) in [5.74, 6) is 0. The molecule has 0 fully saturated rings. The molecule has 0 saturated carbocycles. The molecule has 0 unspecified atom stereocenters. The zero-order valence-electron chi connectivity index (χ0n) is 4.38. The molecular formula is C5H4N2S. The van der Waals surface area contributed by atoms with Gasteiger partial charge in [-0.1, -0.05) is 0 Å². The molecule has 0 aliphatic heterocycles. The van der Waals surface area contributed by atoms with E-state index in [9.17, 15) is 0 Å². The third kappa shape index (κ3) is 0.849. The van der Waals surface area contributed by atoms with Crippen LogP contribution in [0.2, 0.25) is 0 Å². The highest BCUT2D eigenvalue weighted by atomic mass is 32.1. The summed E-state index contributed by atoms with van der Waals surface area (Å²) in [5.41, 5.74) is 0. The summed E-state index contributed by atoms with van der Waals surface area (Å²) in [6.45, 7) is 1.88. The lowest BCUT2D eigenvalue weighted by Crippen LogP contribution is -1.57. The molecule has 0 spiro atoms. The molecule has 3 heteroatoms. The molecule has 0 amide bonds. The standard InChI is InChI=1S/C5H4N2S/c1-4-7-3-5(2-6)8-4/h3H,1H3. The molecular weight excluding hydrogens is 120 g/mol. The molecule has 1 rings (SSSR count). The first-order valence-corrected chi connectivity index (χ1v) is 2.97. The predicted molar refractivity (Wildman–Crippen MR) is 31.6 cm³/mol. The highest BCUT2D eigenvalue weighted by molar-refractivity contribution is 7.12. The van der Waals surface area contributed by atoms with Crippen molar-refractivity contribution >= 4 is 11.3 Å². The van der Waals surface area contributed by atoms with Crippen LogP contribution in [0.3, 0.4) is 0 Å². The molecule has 0 bridgehead atoms. The van der Waals surface area contributed by atoms with Gasteiger partial charge < -0.3 is 0 Å². The normalized spacial score (nSPS) is 8.50. The van der Waals surface area contributed by atoms with Crippen LogP contribution in [0.1, 0.15) is 9.88 Å². The van der Waals surface area contributed by atoms with E-state index in [0.717, 1.165) is 5.01 Å². The second-order valence-corrected chi connectivity index (χ2v) is 2.59. The quantitative estimate of drug-likeness (QED) is 0.523. The minimum Gasteiger partial charge on any atom is -0.249 e. The zero-order chi connectivity index (χ0) is 5.98. The topological polar surface area (TPSA) is 36.7 Å². The van der Waals surface area contributed by atoms with E-state index in [1.807, 2.05) is 13.0 Å². The smallest absolute Gasteiger partial charge is 0.124 e. The monoisotopic (exact) mass is 124 g/mol. The van der Waals surface area contributed by atoms with Crippen molar-refractivity contribution in [1.82, 2.24) is 4.98 Å². The number of hydrogen-bond acceptors (Lipinski definition) is 3. The van der Waals surface area contributed by atoms with Gasteiger partial charge in [0.15, 0.2) is 0 Å². The van der Waals surface area contributed by atoms with Crippen LogP contribution in [-0.4, -0.2) is 4.98 Å². The van der Waals surface area contributed by atoms with Gasteiger partial charge in [0.05, 0.1) is 11.2 Å². The van der Waals surface area contributed by atoms with Gasteiger partial charge >= 0.3 is 0 Å². The van der Waals surface area contributed by atoms with Crippen LogP contribution in [0.25, 0.3) is 0 Å². The average Bonchev–Trinajstić information content (AvgIpc) is 2.14. The number of aryl methyl sites for hydroxylation is 1. The largest absolute Gasteiger partial charge is 0.249 e. The zero-order valence-corrected chi connectivity index (χ0v) is 5.20. The molecule has 0 aliphatic rings. The first-order valence-electron chi connectivity index (χ1n) is 2.15. The fourth-order valence-electron chi connectivity index (χ4n) is 0.413. The van der Waals surface area contributed by atoms with Gasteiger partial charge in [-0.15, -0.1) is 11.3 Å². The summed E-state index contributed by atoms with van der Waals surface area (Å²) in [4.78, 5) is 4.57. The molecule has 2 nitrogen and oxygen atoms in total. The summed E-state index contributed by atoms with van der Waals surface area (Å²) in [6.07, 6.45) is 1.58. The van der Waals surface area contributed by atoms with E-state index in [0.29, 0.717) is 4.88 Å². The van der Waals surface area contributed by atoms with Gasteiger partial charge in [-0.2, -0.15) is 5.26 Å². The van der Waals surface area contributed by atoms with E-state index in [1.165, 1.54) is 11.3 Å². The van der Waals surface area contributed by atoms with E-state index in [2.05, 4.69) is 4.98 Å². The molecule has 1 aromatic rings. The fourth-order valence-corrected chi connectivity index (χ4v) is 0.988. The maximum Gasteiger partial charge on any atom is 0.124 e. The summed E-state index contributed by atoms with van der Waals surface area (Å²) in [7, 11) is 0. The van der Waals surface area contributed by atoms with Crippen molar-refractivity contribution in [1.29, 1.82) is 5.26 Å². The summed E-state index contributed by atoms with van der Waals surface area (Å²) < 4.78 is 0. The molecule has 0 saturated heterocycles. The number of aromatic nitrogens is 1. The molecule has 0 radical (unpaired) electrons. The molecule has 0 N–H and O–H groups in total. The lowest BCUT2D eigenvalue weighted by atomic mass is 10.6. The van der Waals surface area contributed by atoms with Crippen LogP contribution in [0, 0.1) is 18.3 Å². The number of thiazole rings is 1. The Morgan fingerprint density at radius 1 is 1.88 bits per heavy atom. The van der Waals surface area contributed by atoms with Crippen LogP contribution >= 0.6 is 11.3 Å². The lowest BCUT2D eigenvalue weighted by Gasteiger charge is -1.67. The first-order chi connectivity index (χ1) is 3.83. The second kappa shape index (κ2) is 1.93. The van der Waals surface area contributed by atoms with Gasteiger partial charge in [-0.05, 0) is 6.92 Å².